The molecule has 0 aliphatic rings. The summed E-state index contributed by atoms with van der Waals surface area (Å²) >= 11 is 0. The molecule has 72 valence electrons. The molecule has 0 amide bonds. The van der Waals surface area contributed by atoms with E-state index in [9.17, 15) is 10.1 Å². The summed E-state index contributed by atoms with van der Waals surface area (Å²) in [5.41, 5.74) is 1.80. The van der Waals surface area contributed by atoms with Gasteiger partial charge in [-0.1, -0.05) is 6.08 Å². The summed E-state index contributed by atoms with van der Waals surface area (Å²) in [6, 6.07) is 0. The molecule has 0 aliphatic heterocycles. The lowest BCUT2D eigenvalue weighted by molar-refractivity contribution is -0.468. The summed E-state index contributed by atoms with van der Waals surface area (Å²) in [7, 11) is 1.64. The molecule has 0 aromatic rings. The summed E-state index contributed by atoms with van der Waals surface area (Å²) in [4.78, 5) is 13.6. The number of aliphatic imine (C=N–C) groups is 1. The van der Waals surface area contributed by atoms with Crippen molar-refractivity contribution in [2.24, 2.45) is 4.99 Å². The second kappa shape index (κ2) is 6.11. The average Bonchev–Trinajstić information content (AvgIpc) is 2.10. The zero-order chi connectivity index (χ0) is 10.3. The molecule has 0 N–H and O–H groups in total. The third kappa shape index (κ3) is 4.90. The molecular formula is C9H14N2O2. The SMILES string of the molecule is C/C=C(C)/C(C=NC)=C/C[N+](=O)[O-]. The Morgan fingerprint density at radius 1 is 1.62 bits per heavy atom. The van der Waals surface area contributed by atoms with Crippen LogP contribution >= 0.6 is 0 Å². The number of allylic oxidation sites excluding steroid dienone is 3. The van der Waals surface area contributed by atoms with Crippen molar-refractivity contribution in [3.8, 4) is 0 Å². The van der Waals surface area contributed by atoms with Crippen molar-refractivity contribution in [3.63, 3.8) is 0 Å². The van der Waals surface area contributed by atoms with Crippen molar-refractivity contribution in [1.29, 1.82) is 0 Å². The van der Waals surface area contributed by atoms with Crippen LogP contribution in [0, 0.1) is 10.1 Å². The molecule has 0 fully saturated rings. The topological polar surface area (TPSA) is 55.5 Å². The molecule has 4 nitrogen and oxygen atoms in total. The van der Waals surface area contributed by atoms with Gasteiger partial charge in [-0.05, 0) is 31.1 Å². The Balaban J connectivity index is 4.60. The maximum atomic E-state index is 10.1. The molecule has 0 rings (SSSR count). The first-order valence-electron chi connectivity index (χ1n) is 3.99. The summed E-state index contributed by atoms with van der Waals surface area (Å²) in [5.74, 6) is 0. The van der Waals surface area contributed by atoms with Crippen molar-refractivity contribution >= 4 is 6.21 Å². The standard InChI is InChI=1S/C9H14N2O2/c1-4-8(2)9(7-10-3)5-6-11(12)13/h4-5,7H,6H2,1-3H3/b8-4+,9-5+,10-7?. The van der Waals surface area contributed by atoms with Gasteiger partial charge in [0.1, 0.15) is 0 Å². The number of hydrogen-bond acceptors (Lipinski definition) is 3. The fourth-order valence-corrected chi connectivity index (χ4v) is 0.794. The summed E-state index contributed by atoms with van der Waals surface area (Å²) in [6.45, 7) is 3.62. The van der Waals surface area contributed by atoms with Gasteiger partial charge in [-0.3, -0.25) is 15.1 Å². The third-order valence-electron chi connectivity index (χ3n) is 1.62. The van der Waals surface area contributed by atoms with Gasteiger partial charge in [-0.2, -0.15) is 0 Å². The first-order chi connectivity index (χ1) is 6.11. The van der Waals surface area contributed by atoms with E-state index in [1.54, 1.807) is 19.3 Å². The second-order valence-electron chi connectivity index (χ2n) is 2.53. The minimum atomic E-state index is -0.369. The molecule has 13 heavy (non-hydrogen) atoms. The molecule has 0 bridgehead atoms. The molecular weight excluding hydrogens is 168 g/mol. The Morgan fingerprint density at radius 3 is 2.62 bits per heavy atom. The third-order valence-corrected chi connectivity index (χ3v) is 1.62. The monoisotopic (exact) mass is 182 g/mol. The highest BCUT2D eigenvalue weighted by molar-refractivity contribution is 5.84. The van der Waals surface area contributed by atoms with Gasteiger partial charge in [0.2, 0.25) is 6.54 Å². The van der Waals surface area contributed by atoms with Gasteiger partial charge >= 0.3 is 0 Å². The van der Waals surface area contributed by atoms with Crippen molar-refractivity contribution in [2.75, 3.05) is 13.6 Å². The van der Waals surface area contributed by atoms with Crippen molar-refractivity contribution < 1.29 is 4.92 Å². The van der Waals surface area contributed by atoms with Crippen LogP contribution in [0.5, 0.6) is 0 Å². The molecule has 0 aliphatic carbocycles. The number of nitro groups is 1. The van der Waals surface area contributed by atoms with E-state index >= 15 is 0 Å². The lowest BCUT2D eigenvalue weighted by Crippen LogP contribution is -1.99. The summed E-state index contributed by atoms with van der Waals surface area (Å²) in [6.07, 6.45) is 5.08. The number of nitrogens with zero attached hydrogens (tertiary/aromatic N) is 2. The summed E-state index contributed by atoms with van der Waals surface area (Å²) < 4.78 is 0. The van der Waals surface area contributed by atoms with Gasteiger partial charge in [-0.15, -0.1) is 0 Å². The maximum absolute atomic E-state index is 10.1. The van der Waals surface area contributed by atoms with Crippen LogP contribution in [0.4, 0.5) is 0 Å². The quantitative estimate of drug-likeness (QED) is 0.288. The van der Waals surface area contributed by atoms with E-state index in [1.165, 1.54) is 0 Å². The van der Waals surface area contributed by atoms with E-state index in [1.807, 2.05) is 19.9 Å². The van der Waals surface area contributed by atoms with Crippen LogP contribution in [0.1, 0.15) is 13.8 Å². The van der Waals surface area contributed by atoms with Gasteiger partial charge in [0.15, 0.2) is 0 Å². The van der Waals surface area contributed by atoms with E-state index in [0.717, 1.165) is 11.1 Å². The van der Waals surface area contributed by atoms with Gasteiger partial charge in [0.25, 0.3) is 0 Å². The molecule has 0 radical (unpaired) electrons. The van der Waals surface area contributed by atoms with Crippen LogP contribution in [0.3, 0.4) is 0 Å². The highest BCUT2D eigenvalue weighted by Gasteiger charge is 1.98. The molecule has 0 saturated carbocycles. The molecule has 0 aromatic heterocycles. The zero-order valence-corrected chi connectivity index (χ0v) is 8.15. The molecule has 4 heteroatoms. The lowest BCUT2D eigenvalue weighted by atomic mass is 10.1. The lowest BCUT2D eigenvalue weighted by Gasteiger charge is -1.98. The molecule has 0 saturated heterocycles. The van der Waals surface area contributed by atoms with Gasteiger partial charge in [0.05, 0.1) is 0 Å². The van der Waals surface area contributed by atoms with E-state index in [2.05, 4.69) is 4.99 Å². The van der Waals surface area contributed by atoms with E-state index < -0.39 is 0 Å². The maximum Gasteiger partial charge on any atom is 0.223 e. The molecule has 0 unspecified atom stereocenters. The van der Waals surface area contributed by atoms with Gasteiger partial charge in [-0.25, -0.2) is 0 Å². The fourth-order valence-electron chi connectivity index (χ4n) is 0.794. The average molecular weight is 182 g/mol. The largest absolute Gasteiger partial charge is 0.296 e. The normalized spacial score (nSPS) is 13.8. The Morgan fingerprint density at radius 2 is 2.23 bits per heavy atom. The Labute approximate surface area is 77.8 Å². The fraction of sp³-hybridized carbons (Fsp3) is 0.444. The Hall–Kier alpha value is -1.45. The highest BCUT2D eigenvalue weighted by atomic mass is 16.6. The molecule has 0 aromatic carbocycles. The van der Waals surface area contributed by atoms with Crippen LogP contribution in [-0.4, -0.2) is 24.7 Å². The zero-order valence-electron chi connectivity index (χ0n) is 8.15. The van der Waals surface area contributed by atoms with E-state index in [0.29, 0.717) is 0 Å². The summed E-state index contributed by atoms with van der Waals surface area (Å²) in [5, 5.41) is 10.1. The molecule has 0 atom stereocenters. The first kappa shape index (κ1) is 11.6. The van der Waals surface area contributed by atoms with Crippen LogP contribution < -0.4 is 0 Å². The van der Waals surface area contributed by atoms with Crippen molar-refractivity contribution in [1.82, 2.24) is 0 Å². The van der Waals surface area contributed by atoms with Gasteiger partial charge < -0.3 is 0 Å². The predicted octanol–water partition coefficient (Wildman–Crippen LogP) is 1.86. The van der Waals surface area contributed by atoms with Gasteiger partial charge in [0, 0.05) is 18.2 Å². The molecule has 0 spiro atoms. The number of hydrogen-bond donors (Lipinski definition) is 0. The van der Waals surface area contributed by atoms with Crippen LogP contribution in [0.15, 0.2) is 28.3 Å². The van der Waals surface area contributed by atoms with E-state index in [-0.39, 0.29) is 11.5 Å². The number of rotatable bonds is 4. The van der Waals surface area contributed by atoms with Crippen molar-refractivity contribution in [3.05, 3.63) is 33.4 Å². The smallest absolute Gasteiger partial charge is 0.223 e. The molecule has 0 heterocycles. The second-order valence-corrected chi connectivity index (χ2v) is 2.53. The Kier molecular flexibility index (Phi) is 5.43. The Bertz CT molecular complexity index is 265. The minimum absolute atomic E-state index is 0.160. The minimum Gasteiger partial charge on any atom is -0.296 e. The van der Waals surface area contributed by atoms with E-state index in [4.69, 9.17) is 0 Å². The van der Waals surface area contributed by atoms with Crippen molar-refractivity contribution in [2.45, 2.75) is 13.8 Å². The highest BCUT2D eigenvalue weighted by Crippen LogP contribution is 2.05. The van der Waals surface area contributed by atoms with Crippen LogP contribution in [0.25, 0.3) is 0 Å². The first-order valence-corrected chi connectivity index (χ1v) is 3.99. The van der Waals surface area contributed by atoms with Crippen LogP contribution in [0.2, 0.25) is 0 Å². The van der Waals surface area contributed by atoms with Crippen LogP contribution in [-0.2, 0) is 0 Å². The predicted molar refractivity (Wildman–Crippen MR) is 53.8 cm³/mol.